The van der Waals surface area contributed by atoms with Gasteiger partial charge in [0.2, 0.25) is 6.33 Å². The zero-order chi connectivity index (χ0) is 24.7. The third kappa shape index (κ3) is 18.2. The van der Waals surface area contributed by atoms with Crippen LogP contribution < -0.4 is 14.8 Å². The van der Waals surface area contributed by atoms with Gasteiger partial charge in [0, 0.05) is 0 Å². The predicted octanol–water partition coefficient (Wildman–Crippen LogP) is 5.75. The summed E-state index contributed by atoms with van der Waals surface area (Å²) >= 11 is 0. The summed E-state index contributed by atoms with van der Waals surface area (Å²) in [5.41, 5.74) is 1.36. The Morgan fingerprint density at radius 3 is 1.68 bits per heavy atom. The highest BCUT2D eigenvalue weighted by atomic mass is 16.6. The molecule has 0 aliphatic rings. The molecule has 0 aliphatic heterocycles. The van der Waals surface area contributed by atoms with Gasteiger partial charge in [-0.05, 0) is 24.6 Å². The minimum absolute atomic E-state index is 0. The third-order valence-corrected chi connectivity index (χ3v) is 6.22. The summed E-state index contributed by atoms with van der Waals surface area (Å²) in [6.07, 6.45) is 27.2. The molecule has 1 heterocycles. The standard InChI is InChI=1S/C28H47N2.CH2O3/c1-2-3-4-5-6-7-8-9-10-11-12-13-14-15-16-20-23-29-24-25-30(27-29)26-28-21-18-17-19-22-28;2-1(3)4/h17-19,21-22,24-25,27H,2-16,20,23,26H2,1H3;(H2,2,3,4)/q+1;/p-1. The molecule has 0 saturated heterocycles. The highest BCUT2D eigenvalue weighted by molar-refractivity contribution is 5.47. The number of nitrogens with zero attached hydrogens (tertiary/aromatic N) is 2. The Kier molecular flexibility index (Phi) is 18.6. The average molecular weight is 473 g/mol. The minimum Gasteiger partial charge on any atom is -0.652 e. The number of unbranched alkanes of at least 4 members (excludes halogenated alkanes) is 15. The van der Waals surface area contributed by atoms with Gasteiger partial charge in [-0.1, -0.05) is 127 Å². The third-order valence-electron chi connectivity index (χ3n) is 6.22. The number of carbonyl (C=O) groups is 1. The molecule has 0 saturated carbocycles. The average Bonchev–Trinajstić information content (AvgIpc) is 3.26. The van der Waals surface area contributed by atoms with Gasteiger partial charge in [0.25, 0.3) is 0 Å². The largest absolute Gasteiger partial charge is 1.00 e. The van der Waals surface area contributed by atoms with E-state index in [1.807, 2.05) is 0 Å². The first-order valence-corrected chi connectivity index (χ1v) is 13.6. The summed E-state index contributed by atoms with van der Waals surface area (Å²) < 4.78 is 4.62. The fourth-order valence-electron chi connectivity index (χ4n) is 4.30. The van der Waals surface area contributed by atoms with E-state index in [9.17, 15) is 0 Å². The Morgan fingerprint density at radius 2 is 1.21 bits per heavy atom. The fraction of sp³-hybridized carbons (Fsp3) is 0.655. The minimum atomic E-state index is -2.33. The highest BCUT2D eigenvalue weighted by Crippen LogP contribution is 2.13. The highest BCUT2D eigenvalue weighted by Gasteiger charge is 2.04. The van der Waals surface area contributed by atoms with E-state index in [-0.39, 0.29) is 1.43 Å². The van der Waals surface area contributed by atoms with E-state index < -0.39 is 6.16 Å². The van der Waals surface area contributed by atoms with E-state index in [2.05, 4.69) is 65.1 Å². The van der Waals surface area contributed by atoms with Crippen molar-refractivity contribution in [2.24, 2.45) is 0 Å². The van der Waals surface area contributed by atoms with Crippen LogP contribution in [0, 0.1) is 0 Å². The molecule has 5 nitrogen and oxygen atoms in total. The maximum absolute atomic E-state index is 8.33. The Morgan fingerprint density at radius 1 is 0.765 bits per heavy atom. The molecule has 0 radical (unpaired) electrons. The second-order valence-corrected chi connectivity index (χ2v) is 9.36. The first-order chi connectivity index (χ1) is 16.6. The van der Waals surface area contributed by atoms with Crippen LogP contribution in [0.3, 0.4) is 0 Å². The zero-order valence-corrected chi connectivity index (χ0v) is 21.5. The summed E-state index contributed by atoms with van der Waals surface area (Å²) in [6, 6.07) is 10.7. The topological polar surface area (TPSA) is 72.0 Å². The molecule has 2 rings (SSSR count). The molecule has 2 aromatic rings. The Balaban J connectivity index is 0.00000214. The number of aromatic nitrogens is 2. The zero-order valence-electron chi connectivity index (χ0n) is 22.5. The molecule has 0 bridgehead atoms. The van der Waals surface area contributed by atoms with Crippen molar-refractivity contribution in [1.82, 2.24) is 4.57 Å². The molecule has 1 aromatic carbocycles. The second kappa shape index (κ2) is 21.2. The monoisotopic (exact) mass is 472 g/mol. The van der Waals surface area contributed by atoms with Crippen molar-refractivity contribution in [3.63, 3.8) is 0 Å². The lowest BCUT2D eigenvalue weighted by Crippen LogP contribution is -2.37. The van der Waals surface area contributed by atoms with Crippen LogP contribution in [0.25, 0.3) is 0 Å². The molecule has 192 valence electrons. The molecule has 0 N–H and O–H groups in total. The van der Waals surface area contributed by atoms with E-state index in [0.29, 0.717) is 0 Å². The second-order valence-electron chi connectivity index (χ2n) is 9.36. The van der Waals surface area contributed by atoms with Gasteiger partial charge in [0.15, 0.2) is 0 Å². The molecule has 0 aliphatic carbocycles. The predicted molar refractivity (Wildman–Crippen MR) is 136 cm³/mol. The van der Waals surface area contributed by atoms with Gasteiger partial charge >= 0.3 is 1.43 Å². The summed E-state index contributed by atoms with van der Waals surface area (Å²) in [4.78, 5) is 8.33. The van der Waals surface area contributed by atoms with Gasteiger partial charge in [-0.25, -0.2) is 9.13 Å². The number of hydrogen-bond acceptors (Lipinski definition) is 3. The van der Waals surface area contributed by atoms with Crippen molar-refractivity contribution in [1.29, 1.82) is 0 Å². The maximum atomic E-state index is 8.33. The van der Waals surface area contributed by atoms with Gasteiger partial charge < -0.3 is 15.0 Å². The molecule has 34 heavy (non-hydrogen) atoms. The summed E-state index contributed by atoms with van der Waals surface area (Å²) in [7, 11) is 0. The lowest BCUT2D eigenvalue weighted by atomic mass is 10.0. The molecule has 0 atom stereocenters. The molecule has 0 unspecified atom stereocenters. The van der Waals surface area contributed by atoms with Crippen molar-refractivity contribution < 1.29 is 21.0 Å². The van der Waals surface area contributed by atoms with E-state index in [4.69, 9.17) is 15.0 Å². The van der Waals surface area contributed by atoms with Crippen LogP contribution in [-0.2, 0) is 13.1 Å². The molecule has 0 amide bonds. The molecular formula is C29H48N2O3. The number of carboxylic acid groups (broad SMARTS) is 2. The molecule has 5 heteroatoms. The van der Waals surface area contributed by atoms with Crippen LogP contribution in [0.2, 0.25) is 0 Å². The Bertz CT molecular complexity index is 718. The van der Waals surface area contributed by atoms with Crippen molar-refractivity contribution in [3.05, 3.63) is 54.6 Å². The molecular weight excluding hydrogens is 424 g/mol. The van der Waals surface area contributed by atoms with Crippen molar-refractivity contribution in [3.8, 4) is 0 Å². The van der Waals surface area contributed by atoms with Gasteiger partial charge in [0.05, 0.1) is 6.54 Å². The molecule has 0 fully saturated rings. The maximum Gasteiger partial charge on any atom is 1.00 e. The summed E-state index contributed by atoms with van der Waals surface area (Å²) in [6.45, 7) is 4.42. The number of rotatable bonds is 19. The first-order valence-electron chi connectivity index (χ1n) is 13.6. The van der Waals surface area contributed by atoms with E-state index in [0.717, 1.165) is 13.1 Å². The normalized spacial score (nSPS) is 10.6. The van der Waals surface area contributed by atoms with Crippen molar-refractivity contribution >= 4 is 6.16 Å². The Labute approximate surface area is 209 Å². The number of carbonyl (C=O) groups excluding carboxylic acids is 1. The number of benzene rings is 1. The lowest BCUT2D eigenvalue weighted by Gasteiger charge is -2.03. The van der Waals surface area contributed by atoms with Gasteiger partial charge in [-0.3, -0.25) is 0 Å². The number of hydrogen-bond donors (Lipinski definition) is 0. The van der Waals surface area contributed by atoms with Crippen LogP contribution in [0.4, 0.5) is 4.79 Å². The lowest BCUT2D eigenvalue weighted by molar-refractivity contribution is -0.687. The van der Waals surface area contributed by atoms with Crippen LogP contribution in [0.1, 0.15) is 117 Å². The fourth-order valence-corrected chi connectivity index (χ4v) is 4.30. The smallest absolute Gasteiger partial charge is 0.652 e. The quantitative estimate of drug-likeness (QED) is 0.193. The van der Waals surface area contributed by atoms with Crippen LogP contribution in [-0.4, -0.2) is 10.7 Å². The van der Waals surface area contributed by atoms with Crippen molar-refractivity contribution in [2.75, 3.05) is 0 Å². The van der Waals surface area contributed by atoms with Gasteiger partial charge in [-0.15, -0.1) is 0 Å². The molecule has 1 aromatic heterocycles. The van der Waals surface area contributed by atoms with Crippen LogP contribution in [0.15, 0.2) is 49.1 Å². The van der Waals surface area contributed by atoms with Gasteiger partial charge in [0.1, 0.15) is 18.9 Å². The number of imidazole rings is 1. The number of aryl methyl sites for hydroxylation is 1. The summed E-state index contributed by atoms with van der Waals surface area (Å²) in [5.74, 6) is 0. The SMILES string of the molecule is CCCCCCCCCCCCCCCCCCn1cc[n+](Cc2ccccc2)c1.O=C([O-])[O-].[H+]. The Hall–Kier alpha value is -2.30. The first kappa shape index (κ1) is 29.7. The van der Waals surface area contributed by atoms with Crippen LogP contribution in [0.5, 0.6) is 0 Å². The van der Waals surface area contributed by atoms with E-state index in [1.165, 1.54) is 108 Å². The molecule has 0 spiro atoms. The van der Waals surface area contributed by atoms with Crippen molar-refractivity contribution in [2.45, 2.75) is 123 Å². The van der Waals surface area contributed by atoms with Crippen LogP contribution >= 0.6 is 0 Å². The van der Waals surface area contributed by atoms with Gasteiger partial charge in [-0.2, -0.15) is 0 Å². The summed E-state index contributed by atoms with van der Waals surface area (Å²) in [5, 5.41) is 16.7. The van der Waals surface area contributed by atoms with E-state index >= 15 is 0 Å². The van der Waals surface area contributed by atoms with E-state index in [1.54, 1.807) is 0 Å².